The second-order valence-electron chi connectivity index (χ2n) is 5.18. The molecule has 1 saturated heterocycles. The smallest absolute Gasteiger partial charge is 0.138 e. The summed E-state index contributed by atoms with van der Waals surface area (Å²) in [6.07, 6.45) is 0. The molecule has 0 radical (unpaired) electrons. The second-order valence-corrected chi connectivity index (χ2v) is 6.97. The van der Waals surface area contributed by atoms with Crippen LogP contribution in [0.3, 0.4) is 0 Å². The summed E-state index contributed by atoms with van der Waals surface area (Å²) < 4.78 is 4.58. The molecule has 0 amide bonds. The molecule has 7 heteroatoms. The van der Waals surface area contributed by atoms with Gasteiger partial charge in [-0.15, -0.1) is 5.10 Å². The second kappa shape index (κ2) is 7.03. The monoisotopic (exact) mass is 342 g/mol. The molecular formula is C14H16Cl2N4S. The van der Waals surface area contributed by atoms with Crippen LogP contribution >= 0.6 is 34.7 Å². The Morgan fingerprint density at radius 2 is 1.76 bits per heavy atom. The average molecular weight is 343 g/mol. The molecule has 0 bridgehead atoms. The Morgan fingerprint density at radius 3 is 2.38 bits per heavy atom. The van der Waals surface area contributed by atoms with Crippen LogP contribution in [-0.4, -0.2) is 45.6 Å². The molecule has 21 heavy (non-hydrogen) atoms. The van der Waals surface area contributed by atoms with Crippen LogP contribution in [0.2, 0.25) is 9.36 Å². The fourth-order valence-electron chi connectivity index (χ4n) is 2.50. The highest BCUT2D eigenvalue weighted by Gasteiger charge is 2.19. The number of piperazine rings is 1. The third-order valence-electron chi connectivity index (χ3n) is 3.64. The summed E-state index contributed by atoms with van der Waals surface area (Å²) in [6, 6.07) is 8.08. The number of aromatic nitrogens is 2. The molecular weight excluding hydrogens is 327 g/mol. The lowest BCUT2D eigenvalue weighted by Crippen LogP contribution is -2.45. The first kappa shape index (κ1) is 15.2. The van der Waals surface area contributed by atoms with E-state index in [4.69, 9.17) is 23.2 Å². The third kappa shape index (κ3) is 4.14. The molecule has 1 aromatic heterocycles. The minimum atomic E-state index is 0.705. The summed E-state index contributed by atoms with van der Waals surface area (Å²) in [5, 5.41) is 4.88. The van der Waals surface area contributed by atoms with E-state index in [1.807, 2.05) is 18.2 Å². The van der Waals surface area contributed by atoms with Gasteiger partial charge in [0.05, 0.1) is 0 Å². The first-order chi connectivity index (χ1) is 10.2. The predicted molar refractivity (Wildman–Crippen MR) is 86.9 cm³/mol. The molecule has 0 spiro atoms. The zero-order valence-electron chi connectivity index (χ0n) is 11.5. The summed E-state index contributed by atoms with van der Waals surface area (Å²) in [7, 11) is 0. The van der Waals surface area contributed by atoms with Gasteiger partial charge in [-0.3, -0.25) is 9.80 Å². The molecule has 1 aliphatic heterocycles. The van der Waals surface area contributed by atoms with Crippen molar-refractivity contribution in [3.05, 3.63) is 44.9 Å². The zero-order chi connectivity index (χ0) is 14.7. The lowest BCUT2D eigenvalue weighted by atomic mass is 10.2. The van der Waals surface area contributed by atoms with Crippen molar-refractivity contribution in [1.29, 1.82) is 0 Å². The van der Waals surface area contributed by atoms with E-state index < -0.39 is 0 Å². The molecule has 0 saturated carbocycles. The summed E-state index contributed by atoms with van der Waals surface area (Å²) >= 11 is 13.3. The molecule has 1 fully saturated rings. The Morgan fingerprint density at radius 1 is 1.05 bits per heavy atom. The number of halogens is 2. The molecule has 0 N–H and O–H groups in total. The van der Waals surface area contributed by atoms with Crippen molar-refractivity contribution in [3.8, 4) is 0 Å². The molecule has 2 aromatic rings. The van der Waals surface area contributed by atoms with Crippen molar-refractivity contribution in [2.75, 3.05) is 26.2 Å². The van der Waals surface area contributed by atoms with E-state index in [0.717, 1.165) is 50.0 Å². The fourth-order valence-corrected chi connectivity index (χ4v) is 3.33. The Hall–Kier alpha value is -0.720. The molecule has 1 aliphatic rings. The van der Waals surface area contributed by atoms with E-state index in [1.165, 1.54) is 17.1 Å². The third-order valence-corrected chi connectivity index (χ3v) is 4.86. The Kier molecular flexibility index (Phi) is 5.08. The van der Waals surface area contributed by atoms with Gasteiger partial charge in [-0.25, -0.2) is 0 Å². The SMILES string of the molecule is Clc1cccc(CN2CCN(Cc3nnsc3Cl)CC2)c1. The Balaban J connectivity index is 1.50. The van der Waals surface area contributed by atoms with Gasteiger partial charge in [-0.1, -0.05) is 39.8 Å². The number of nitrogens with zero attached hydrogens (tertiary/aromatic N) is 4. The van der Waals surface area contributed by atoms with Crippen LogP contribution in [0.4, 0.5) is 0 Å². The summed E-state index contributed by atoms with van der Waals surface area (Å²) in [5.41, 5.74) is 2.16. The maximum Gasteiger partial charge on any atom is 0.138 e. The van der Waals surface area contributed by atoms with Crippen LogP contribution in [0.15, 0.2) is 24.3 Å². The molecule has 1 aromatic carbocycles. The van der Waals surface area contributed by atoms with Crippen molar-refractivity contribution in [1.82, 2.24) is 19.4 Å². The quantitative estimate of drug-likeness (QED) is 0.854. The number of rotatable bonds is 4. The zero-order valence-corrected chi connectivity index (χ0v) is 13.8. The summed E-state index contributed by atoms with van der Waals surface area (Å²) in [4.78, 5) is 4.82. The van der Waals surface area contributed by atoms with Crippen LogP contribution in [0.5, 0.6) is 0 Å². The van der Waals surface area contributed by atoms with E-state index in [-0.39, 0.29) is 0 Å². The molecule has 3 rings (SSSR count). The van der Waals surface area contributed by atoms with Crippen LogP contribution < -0.4 is 0 Å². The standard InChI is InChI=1S/C14H16Cl2N4S/c15-12-3-1-2-11(8-12)9-19-4-6-20(7-5-19)10-13-14(16)21-18-17-13/h1-3,8H,4-7,9-10H2. The van der Waals surface area contributed by atoms with Gasteiger partial charge in [-0.05, 0) is 17.7 Å². The van der Waals surface area contributed by atoms with E-state index in [2.05, 4.69) is 25.5 Å². The normalized spacial score (nSPS) is 17.2. The van der Waals surface area contributed by atoms with Crippen LogP contribution in [0, 0.1) is 0 Å². The van der Waals surface area contributed by atoms with Gasteiger partial charge >= 0.3 is 0 Å². The highest BCUT2D eigenvalue weighted by atomic mass is 35.5. The van der Waals surface area contributed by atoms with Gasteiger partial charge in [0.1, 0.15) is 10.0 Å². The van der Waals surface area contributed by atoms with Crippen LogP contribution in [0.25, 0.3) is 0 Å². The lowest BCUT2D eigenvalue weighted by molar-refractivity contribution is 0.121. The first-order valence-electron chi connectivity index (χ1n) is 6.86. The van der Waals surface area contributed by atoms with Crippen molar-refractivity contribution in [2.24, 2.45) is 0 Å². The Labute approximate surface area is 138 Å². The van der Waals surface area contributed by atoms with Crippen molar-refractivity contribution in [2.45, 2.75) is 13.1 Å². The summed E-state index contributed by atoms with van der Waals surface area (Å²) in [5.74, 6) is 0. The van der Waals surface area contributed by atoms with Crippen LogP contribution in [0.1, 0.15) is 11.3 Å². The highest BCUT2D eigenvalue weighted by molar-refractivity contribution is 7.10. The van der Waals surface area contributed by atoms with Gasteiger partial charge in [0.2, 0.25) is 0 Å². The maximum absolute atomic E-state index is 6.05. The van der Waals surface area contributed by atoms with Gasteiger partial charge in [0.15, 0.2) is 0 Å². The average Bonchev–Trinajstić information content (AvgIpc) is 2.87. The van der Waals surface area contributed by atoms with Crippen molar-refractivity contribution < 1.29 is 0 Å². The highest BCUT2D eigenvalue weighted by Crippen LogP contribution is 2.20. The first-order valence-corrected chi connectivity index (χ1v) is 8.39. The van der Waals surface area contributed by atoms with E-state index in [0.29, 0.717) is 4.34 Å². The topological polar surface area (TPSA) is 32.3 Å². The lowest BCUT2D eigenvalue weighted by Gasteiger charge is -2.34. The number of hydrogen-bond donors (Lipinski definition) is 0. The molecule has 2 heterocycles. The number of hydrogen-bond acceptors (Lipinski definition) is 5. The van der Waals surface area contributed by atoms with Gasteiger partial charge < -0.3 is 0 Å². The molecule has 0 unspecified atom stereocenters. The molecule has 0 atom stereocenters. The Bertz CT molecular complexity index is 596. The number of benzene rings is 1. The molecule has 4 nitrogen and oxygen atoms in total. The van der Waals surface area contributed by atoms with Crippen LogP contribution in [-0.2, 0) is 13.1 Å². The van der Waals surface area contributed by atoms with Crippen molar-refractivity contribution in [3.63, 3.8) is 0 Å². The maximum atomic E-state index is 6.05. The predicted octanol–water partition coefficient (Wildman–Crippen LogP) is 3.16. The van der Waals surface area contributed by atoms with Crippen molar-refractivity contribution >= 4 is 34.7 Å². The van der Waals surface area contributed by atoms with E-state index in [1.54, 1.807) is 0 Å². The van der Waals surface area contributed by atoms with Gasteiger partial charge in [0.25, 0.3) is 0 Å². The minimum absolute atomic E-state index is 0.705. The summed E-state index contributed by atoms with van der Waals surface area (Å²) in [6.45, 7) is 5.87. The van der Waals surface area contributed by atoms with Gasteiger partial charge in [-0.2, -0.15) is 0 Å². The largest absolute Gasteiger partial charge is 0.297 e. The van der Waals surface area contributed by atoms with Gasteiger partial charge in [0, 0.05) is 55.8 Å². The van der Waals surface area contributed by atoms with E-state index in [9.17, 15) is 0 Å². The molecule has 0 aliphatic carbocycles. The minimum Gasteiger partial charge on any atom is -0.297 e. The fraction of sp³-hybridized carbons (Fsp3) is 0.429. The molecule has 112 valence electrons. The van der Waals surface area contributed by atoms with E-state index >= 15 is 0 Å².